The average Bonchev–Trinajstić information content (AvgIpc) is 3.50. The molecule has 4 aromatic rings. The van der Waals surface area contributed by atoms with Crippen LogP contribution in [0.25, 0.3) is 22.1 Å². The van der Waals surface area contributed by atoms with E-state index >= 15 is 0 Å². The molecular formula is C23H22ClN5O7S. The highest BCUT2D eigenvalue weighted by atomic mass is 35.7. The molecule has 0 atom stereocenters. The summed E-state index contributed by atoms with van der Waals surface area (Å²) in [5, 5.41) is 5.12. The lowest BCUT2D eigenvalue weighted by Gasteiger charge is -2.36. The smallest absolute Gasteiger partial charge is 0.231 e. The number of rotatable bonds is 3. The third-order valence-electron chi connectivity index (χ3n) is 5.89. The van der Waals surface area contributed by atoms with Gasteiger partial charge in [-0.25, -0.2) is 9.97 Å². The van der Waals surface area contributed by atoms with Gasteiger partial charge in [-0.2, -0.15) is 14.0 Å². The molecule has 0 bridgehead atoms. The van der Waals surface area contributed by atoms with Gasteiger partial charge in [-0.15, -0.1) is 0 Å². The molecule has 0 spiro atoms. The molecule has 0 radical (unpaired) electrons. The van der Waals surface area contributed by atoms with Crippen LogP contribution in [-0.4, -0.2) is 57.6 Å². The van der Waals surface area contributed by atoms with Gasteiger partial charge in [0.2, 0.25) is 6.79 Å². The van der Waals surface area contributed by atoms with E-state index in [-0.39, 0.29) is 6.79 Å². The van der Waals surface area contributed by atoms with Crippen LogP contribution in [0.4, 0.5) is 5.82 Å². The van der Waals surface area contributed by atoms with E-state index in [1.807, 2.05) is 42.5 Å². The summed E-state index contributed by atoms with van der Waals surface area (Å²) < 4.78 is 49.6. The molecule has 0 unspecified atom stereocenters. The first kappa shape index (κ1) is 25.2. The number of nitrogens with zero attached hydrogens (tertiary/aromatic N) is 4. The fraction of sp³-hybridized carbons (Fsp3) is 0.261. The maximum absolute atomic E-state index is 8.60. The van der Waals surface area contributed by atoms with Crippen LogP contribution in [0.1, 0.15) is 5.56 Å². The number of hydrogen-bond donors (Lipinski definition) is 2. The molecule has 194 valence electrons. The maximum atomic E-state index is 8.60. The van der Waals surface area contributed by atoms with Gasteiger partial charge in [0.25, 0.3) is 0 Å². The van der Waals surface area contributed by atoms with Gasteiger partial charge in [0.05, 0.1) is 14.9 Å². The molecule has 2 aromatic heterocycles. The molecule has 0 saturated carbocycles. The molecule has 4 heterocycles. The summed E-state index contributed by atoms with van der Waals surface area (Å²) in [4.78, 5) is 13.4. The van der Waals surface area contributed by atoms with Gasteiger partial charge in [-0.3, -0.25) is 0 Å². The normalized spacial score (nSPS) is 15.0. The zero-order valence-corrected chi connectivity index (χ0v) is 20.9. The summed E-state index contributed by atoms with van der Waals surface area (Å²) in [6, 6.07) is 13.9. The van der Waals surface area contributed by atoms with E-state index in [1.165, 1.54) is 0 Å². The molecule has 1 saturated heterocycles. The highest BCUT2D eigenvalue weighted by Crippen LogP contribution is 2.33. The largest absolute Gasteiger partial charge is 0.454 e. The third kappa shape index (κ3) is 5.93. The van der Waals surface area contributed by atoms with E-state index in [0.29, 0.717) is 6.54 Å². The molecule has 12 nitrogen and oxygen atoms in total. The molecule has 2 aliphatic heterocycles. The zero-order chi connectivity index (χ0) is 26.0. The van der Waals surface area contributed by atoms with Crippen LogP contribution in [-0.2, 0) is 6.54 Å². The maximum Gasteiger partial charge on any atom is 0.231 e. The predicted octanol–water partition coefficient (Wildman–Crippen LogP) is -0.823. The molecule has 2 N–H and O–H groups in total. The number of fused-ring (bicyclic) bond motifs is 4. The Hall–Kier alpha value is -3.46. The van der Waals surface area contributed by atoms with Crippen LogP contribution < -0.4 is 33.7 Å². The Morgan fingerprint density at radius 2 is 1.76 bits per heavy atom. The van der Waals surface area contributed by atoms with Crippen molar-refractivity contribution in [3.05, 3.63) is 54.4 Å². The van der Waals surface area contributed by atoms with Gasteiger partial charge in [0.15, 0.2) is 28.0 Å². The number of para-hydroxylation sites is 1. The van der Waals surface area contributed by atoms with E-state index in [0.717, 1.165) is 76.2 Å². The summed E-state index contributed by atoms with van der Waals surface area (Å²) >= 11 is 5.64. The second kappa shape index (κ2) is 10.5. The van der Waals surface area contributed by atoms with Gasteiger partial charge < -0.3 is 29.0 Å². The van der Waals surface area contributed by atoms with Crippen molar-refractivity contribution >= 4 is 45.2 Å². The number of halogens is 1. The van der Waals surface area contributed by atoms with E-state index in [9.17, 15) is 0 Å². The second-order valence-corrected chi connectivity index (χ2v) is 9.37. The monoisotopic (exact) mass is 547 g/mol. The fourth-order valence-electron chi connectivity index (χ4n) is 4.20. The van der Waals surface area contributed by atoms with Crippen LogP contribution in [0, 0.1) is 10.2 Å². The van der Waals surface area contributed by atoms with E-state index in [2.05, 4.69) is 25.1 Å². The van der Waals surface area contributed by atoms with Crippen molar-refractivity contribution in [3.63, 3.8) is 0 Å². The summed E-state index contributed by atoms with van der Waals surface area (Å²) in [7, 11) is -4.69. The first-order chi connectivity index (χ1) is 17.8. The Morgan fingerprint density at radius 1 is 1.03 bits per heavy atom. The van der Waals surface area contributed by atoms with Crippen LogP contribution >= 0.6 is 12.2 Å². The Morgan fingerprint density at radius 3 is 2.54 bits per heavy atom. The summed E-state index contributed by atoms with van der Waals surface area (Å²) in [5.41, 5.74) is 3.53. The molecule has 37 heavy (non-hydrogen) atoms. The molecule has 0 aliphatic carbocycles. The average molecular weight is 548 g/mol. The summed E-state index contributed by atoms with van der Waals surface area (Å²) in [6.07, 6.45) is 1.61. The molecule has 1 fully saturated rings. The van der Waals surface area contributed by atoms with Crippen LogP contribution in [0.15, 0.2) is 53.2 Å². The minimum atomic E-state index is -4.69. The number of ether oxygens (including phenoxy) is 2. The van der Waals surface area contributed by atoms with Gasteiger partial charge in [0, 0.05) is 38.1 Å². The SMILES string of the molecule is S=C(NCc1ccc2c(c1)OCO2)N1CCN(c2ncnc3c2oc2ccccc23)CC1.[O-][Cl+3]([O-])([O-])O. The number of hydrogen-bond acceptors (Lipinski definition) is 11. The van der Waals surface area contributed by atoms with Crippen LogP contribution in [0.5, 0.6) is 11.5 Å². The Labute approximate surface area is 218 Å². The van der Waals surface area contributed by atoms with Crippen molar-refractivity contribution in [3.8, 4) is 11.5 Å². The van der Waals surface area contributed by atoms with Crippen molar-refractivity contribution in [2.45, 2.75) is 6.54 Å². The standard InChI is InChI=1S/C23H21N5O3S.ClHO4/c32-23(24-12-15-5-6-18-19(11-15)30-14-29-18)28-9-7-27(8-10-28)22-21-20(25-13-26-22)16-3-1-2-4-17(16)31-21;2-1(3,4)5/h1-6,11,13H,7-10,12,14H2,(H,24,32);(H,2,3,4,5). The Balaban J connectivity index is 0.000000514. The van der Waals surface area contributed by atoms with Gasteiger partial charge in [-0.1, -0.05) is 18.2 Å². The van der Waals surface area contributed by atoms with Crippen LogP contribution in [0.3, 0.4) is 0 Å². The first-order valence-electron chi connectivity index (χ1n) is 11.2. The summed E-state index contributed by atoms with van der Waals surface area (Å²) in [5.74, 6) is 2.41. The highest BCUT2D eigenvalue weighted by molar-refractivity contribution is 7.80. The van der Waals surface area contributed by atoms with Gasteiger partial charge in [-0.05, 0) is 42.0 Å². The minimum Gasteiger partial charge on any atom is -0.454 e. The molecule has 0 amide bonds. The lowest BCUT2D eigenvalue weighted by Crippen LogP contribution is -2.58. The fourth-order valence-corrected chi connectivity index (χ4v) is 4.45. The summed E-state index contributed by atoms with van der Waals surface area (Å²) in [6.45, 7) is 4.13. The second-order valence-electron chi connectivity index (χ2n) is 8.19. The molecule has 14 heteroatoms. The molecule has 2 aliphatic rings. The Kier molecular flexibility index (Phi) is 7.15. The van der Waals surface area contributed by atoms with Gasteiger partial charge >= 0.3 is 0 Å². The molecule has 6 rings (SSSR count). The number of aromatic nitrogens is 2. The third-order valence-corrected chi connectivity index (χ3v) is 6.29. The quantitative estimate of drug-likeness (QED) is 0.306. The lowest BCUT2D eigenvalue weighted by molar-refractivity contribution is -1.92. The zero-order valence-electron chi connectivity index (χ0n) is 19.3. The number of benzene rings is 2. The van der Waals surface area contributed by atoms with E-state index in [4.69, 9.17) is 44.7 Å². The number of furan rings is 1. The van der Waals surface area contributed by atoms with E-state index in [1.54, 1.807) is 6.33 Å². The number of nitrogens with one attached hydrogen (secondary N) is 1. The first-order valence-corrected chi connectivity index (χ1v) is 12.9. The van der Waals surface area contributed by atoms with Crippen molar-refractivity contribution in [1.82, 2.24) is 20.2 Å². The molecule has 2 aromatic carbocycles. The molecular weight excluding hydrogens is 526 g/mol. The van der Waals surface area contributed by atoms with E-state index < -0.39 is 10.2 Å². The number of anilines is 1. The van der Waals surface area contributed by atoms with Crippen LogP contribution in [0.2, 0.25) is 0 Å². The lowest BCUT2D eigenvalue weighted by atomic mass is 10.2. The van der Waals surface area contributed by atoms with Gasteiger partial charge in [0.1, 0.15) is 17.4 Å². The number of piperazine rings is 1. The van der Waals surface area contributed by atoms with Crippen molar-refractivity contribution < 1.29 is 42.8 Å². The van der Waals surface area contributed by atoms with Crippen molar-refractivity contribution in [2.24, 2.45) is 0 Å². The van der Waals surface area contributed by atoms with Crippen molar-refractivity contribution in [1.29, 1.82) is 0 Å². The van der Waals surface area contributed by atoms with Crippen molar-refractivity contribution in [2.75, 3.05) is 37.9 Å². The Bertz CT molecular complexity index is 1420. The predicted molar refractivity (Wildman–Crippen MR) is 127 cm³/mol. The minimum absolute atomic E-state index is 0.279. The number of thiocarbonyl (C=S) groups is 1. The topological polar surface area (TPSA) is 165 Å². The highest BCUT2D eigenvalue weighted by Gasteiger charge is 2.24.